The molecule has 4 heteroatoms. The first-order valence-corrected chi connectivity index (χ1v) is 7.75. The number of para-hydroxylation sites is 1. The molecule has 0 saturated heterocycles. The SMILES string of the molecule is Cc1ccccc1OCCCC(C#N)c1ccc2c(c1)OCO2. The van der Waals surface area contributed by atoms with E-state index in [-0.39, 0.29) is 12.7 Å². The molecule has 23 heavy (non-hydrogen) atoms. The fraction of sp³-hybridized carbons (Fsp3) is 0.316. The standard InChI is InChI=1S/C19H19NO3/c1-14-5-2-3-7-17(14)21-10-4-6-16(12-20)15-8-9-18-19(11-15)23-13-22-18/h2-3,5,7-9,11,16H,4,6,10,13H2,1H3. The van der Waals surface area contributed by atoms with Crippen molar-refractivity contribution < 1.29 is 14.2 Å². The van der Waals surface area contributed by atoms with Crippen molar-refractivity contribution in [3.63, 3.8) is 0 Å². The topological polar surface area (TPSA) is 51.5 Å². The highest BCUT2D eigenvalue weighted by Gasteiger charge is 2.17. The zero-order valence-electron chi connectivity index (χ0n) is 13.1. The van der Waals surface area contributed by atoms with Gasteiger partial charge in [-0.2, -0.15) is 5.26 Å². The first-order chi connectivity index (χ1) is 11.3. The monoisotopic (exact) mass is 309 g/mol. The molecule has 118 valence electrons. The van der Waals surface area contributed by atoms with Crippen molar-refractivity contribution in [3.05, 3.63) is 53.6 Å². The van der Waals surface area contributed by atoms with E-state index in [2.05, 4.69) is 6.07 Å². The maximum absolute atomic E-state index is 9.43. The molecule has 1 unspecified atom stereocenters. The molecule has 1 heterocycles. The summed E-state index contributed by atoms with van der Waals surface area (Å²) in [6.45, 7) is 2.88. The number of nitriles is 1. The van der Waals surface area contributed by atoms with Crippen molar-refractivity contribution in [3.8, 4) is 23.3 Å². The minimum Gasteiger partial charge on any atom is -0.493 e. The van der Waals surface area contributed by atoms with E-state index in [1.165, 1.54) is 0 Å². The molecule has 0 aliphatic carbocycles. The predicted octanol–water partition coefficient (Wildman–Crippen LogP) is 4.19. The molecule has 3 rings (SSSR count). The van der Waals surface area contributed by atoms with Crippen molar-refractivity contribution >= 4 is 0 Å². The molecule has 0 radical (unpaired) electrons. The van der Waals surface area contributed by atoms with E-state index in [4.69, 9.17) is 14.2 Å². The maximum Gasteiger partial charge on any atom is 0.231 e. The summed E-state index contributed by atoms with van der Waals surface area (Å²) in [5.74, 6) is 2.21. The van der Waals surface area contributed by atoms with Gasteiger partial charge in [0.1, 0.15) is 5.75 Å². The van der Waals surface area contributed by atoms with Crippen LogP contribution in [0, 0.1) is 18.3 Å². The Labute approximate surface area is 136 Å². The molecular formula is C19H19NO3. The second-order valence-corrected chi connectivity index (χ2v) is 5.55. The largest absolute Gasteiger partial charge is 0.493 e. The van der Waals surface area contributed by atoms with E-state index >= 15 is 0 Å². The number of rotatable bonds is 6. The number of aryl methyl sites for hydroxylation is 1. The number of hydrogen-bond donors (Lipinski definition) is 0. The molecule has 0 amide bonds. The third-order valence-corrected chi connectivity index (χ3v) is 3.94. The summed E-state index contributed by atoms with van der Waals surface area (Å²) in [6.07, 6.45) is 1.57. The van der Waals surface area contributed by atoms with Gasteiger partial charge < -0.3 is 14.2 Å². The Hall–Kier alpha value is -2.67. The van der Waals surface area contributed by atoms with Crippen LogP contribution in [0.2, 0.25) is 0 Å². The van der Waals surface area contributed by atoms with Crippen molar-refractivity contribution in [1.29, 1.82) is 5.26 Å². The van der Waals surface area contributed by atoms with Gasteiger partial charge in [0.25, 0.3) is 0 Å². The van der Waals surface area contributed by atoms with Gasteiger partial charge in [0.2, 0.25) is 6.79 Å². The quantitative estimate of drug-likeness (QED) is 0.751. The van der Waals surface area contributed by atoms with Crippen LogP contribution in [0.3, 0.4) is 0 Å². The minimum atomic E-state index is -0.162. The number of fused-ring (bicyclic) bond motifs is 1. The lowest BCUT2D eigenvalue weighted by Crippen LogP contribution is -2.03. The number of ether oxygens (including phenoxy) is 3. The van der Waals surface area contributed by atoms with Gasteiger partial charge in [0.15, 0.2) is 11.5 Å². The third-order valence-electron chi connectivity index (χ3n) is 3.94. The highest BCUT2D eigenvalue weighted by molar-refractivity contribution is 5.46. The number of nitrogens with zero attached hydrogens (tertiary/aromatic N) is 1. The van der Waals surface area contributed by atoms with Crippen molar-refractivity contribution in [2.75, 3.05) is 13.4 Å². The first-order valence-electron chi connectivity index (χ1n) is 7.75. The zero-order valence-corrected chi connectivity index (χ0v) is 13.1. The predicted molar refractivity (Wildman–Crippen MR) is 86.8 cm³/mol. The van der Waals surface area contributed by atoms with Gasteiger partial charge in [-0.1, -0.05) is 24.3 Å². The fourth-order valence-corrected chi connectivity index (χ4v) is 2.62. The summed E-state index contributed by atoms with van der Waals surface area (Å²) in [6, 6.07) is 16.0. The second-order valence-electron chi connectivity index (χ2n) is 5.55. The van der Waals surface area contributed by atoms with Gasteiger partial charge in [-0.05, 0) is 49.1 Å². The Morgan fingerprint density at radius 3 is 2.83 bits per heavy atom. The van der Waals surface area contributed by atoms with Gasteiger partial charge in [-0.25, -0.2) is 0 Å². The van der Waals surface area contributed by atoms with Crippen LogP contribution in [0.1, 0.15) is 29.9 Å². The highest BCUT2D eigenvalue weighted by Crippen LogP contribution is 2.35. The lowest BCUT2D eigenvalue weighted by Gasteiger charge is -2.12. The minimum absolute atomic E-state index is 0.162. The second kappa shape index (κ2) is 7.06. The molecule has 0 N–H and O–H groups in total. The molecule has 1 aliphatic rings. The zero-order chi connectivity index (χ0) is 16.1. The lowest BCUT2D eigenvalue weighted by molar-refractivity contribution is 0.174. The fourth-order valence-electron chi connectivity index (χ4n) is 2.62. The Morgan fingerprint density at radius 2 is 2.00 bits per heavy atom. The Bertz CT molecular complexity index is 721. The molecular weight excluding hydrogens is 290 g/mol. The lowest BCUT2D eigenvalue weighted by atomic mass is 9.95. The summed E-state index contributed by atoms with van der Waals surface area (Å²) in [4.78, 5) is 0. The van der Waals surface area contributed by atoms with E-state index in [1.54, 1.807) is 0 Å². The molecule has 4 nitrogen and oxygen atoms in total. The summed E-state index contributed by atoms with van der Waals surface area (Å²) < 4.78 is 16.5. The van der Waals surface area contributed by atoms with Gasteiger partial charge in [-0.15, -0.1) is 0 Å². The summed E-state index contributed by atoms with van der Waals surface area (Å²) in [7, 11) is 0. The highest BCUT2D eigenvalue weighted by atomic mass is 16.7. The molecule has 1 aliphatic heterocycles. The van der Waals surface area contributed by atoms with E-state index in [1.807, 2.05) is 49.4 Å². The summed E-state index contributed by atoms with van der Waals surface area (Å²) in [5, 5.41) is 9.43. The molecule has 2 aromatic carbocycles. The first kappa shape index (κ1) is 15.2. The van der Waals surface area contributed by atoms with Crippen LogP contribution in [0.4, 0.5) is 0 Å². The van der Waals surface area contributed by atoms with Crippen LogP contribution in [0.25, 0.3) is 0 Å². The molecule has 1 atom stereocenters. The summed E-state index contributed by atoms with van der Waals surface area (Å²) >= 11 is 0. The maximum atomic E-state index is 9.43. The van der Waals surface area contributed by atoms with Crippen LogP contribution in [-0.4, -0.2) is 13.4 Å². The molecule has 0 fully saturated rings. The molecule has 0 saturated carbocycles. The Kier molecular flexibility index (Phi) is 4.68. The number of benzene rings is 2. The van der Waals surface area contributed by atoms with E-state index in [0.29, 0.717) is 6.61 Å². The Balaban J connectivity index is 1.54. The summed E-state index contributed by atoms with van der Waals surface area (Å²) in [5.41, 5.74) is 2.09. The van der Waals surface area contributed by atoms with Crippen LogP contribution in [-0.2, 0) is 0 Å². The third kappa shape index (κ3) is 3.57. The average molecular weight is 309 g/mol. The van der Waals surface area contributed by atoms with Crippen molar-refractivity contribution in [2.24, 2.45) is 0 Å². The van der Waals surface area contributed by atoms with E-state index in [9.17, 15) is 5.26 Å². The number of hydrogen-bond acceptors (Lipinski definition) is 4. The van der Waals surface area contributed by atoms with Gasteiger partial charge in [0.05, 0.1) is 18.6 Å². The van der Waals surface area contributed by atoms with Gasteiger partial charge in [-0.3, -0.25) is 0 Å². The normalized spacial score (nSPS) is 13.4. The van der Waals surface area contributed by atoms with Crippen LogP contribution in [0.15, 0.2) is 42.5 Å². The van der Waals surface area contributed by atoms with E-state index in [0.717, 1.165) is 41.2 Å². The van der Waals surface area contributed by atoms with E-state index < -0.39 is 0 Å². The van der Waals surface area contributed by atoms with Crippen molar-refractivity contribution in [1.82, 2.24) is 0 Å². The molecule has 0 aromatic heterocycles. The van der Waals surface area contributed by atoms with Crippen LogP contribution >= 0.6 is 0 Å². The van der Waals surface area contributed by atoms with Gasteiger partial charge >= 0.3 is 0 Å². The van der Waals surface area contributed by atoms with Crippen molar-refractivity contribution in [2.45, 2.75) is 25.7 Å². The Morgan fingerprint density at radius 1 is 1.17 bits per heavy atom. The molecule has 2 aromatic rings. The van der Waals surface area contributed by atoms with Gasteiger partial charge in [0, 0.05) is 0 Å². The average Bonchev–Trinajstić information content (AvgIpc) is 3.04. The van der Waals surface area contributed by atoms with Crippen LogP contribution < -0.4 is 14.2 Å². The smallest absolute Gasteiger partial charge is 0.231 e. The molecule has 0 spiro atoms. The van der Waals surface area contributed by atoms with Crippen LogP contribution in [0.5, 0.6) is 17.2 Å². The molecule has 0 bridgehead atoms.